The first-order valence-corrected chi connectivity index (χ1v) is 11.4. The van der Waals surface area contributed by atoms with E-state index in [1.54, 1.807) is 4.90 Å². The van der Waals surface area contributed by atoms with Crippen LogP contribution in [0.3, 0.4) is 0 Å². The molecule has 0 spiro atoms. The van der Waals surface area contributed by atoms with Crippen molar-refractivity contribution in [1.29, 1.82) is 0 Å². The molecule has 4 atom stereocenters. The van der Waals surface area contributed by atoms with Crippen LogP contribution in [0.1, 0.15) is 20.8 Å². The van der Waals surface area contributed by atoms with Crippen molar-refractivity contribution in [1.82, 2.24) is 20.3 Å². The van der Waals surface area contributed by atoms with Crippen LogP contribution in [0.15, 0.2) is 36.4 Å². The maximum absolute atomic E-state index is 13.1. The number of nitrogens with zero attached hydrogens (tertiary/aromatic N) is 3. The molecular weight excluding hydrogens is 465 g/mol. The second-order valence-corrected chi connectivity index (χ2v) is 9.48. The van der Waals surface area contributed by atoms with Crippen LogP contribution in [0.2, 0.25) is 0 Å². The highest BCUT2D eigenvalue weighted by Crippen LogP contribution is 2.54. The molecule has 0 bridgehead atoms. The molecule has 0 radical (unpaired) electrons. The highest BCUT2D eigenvalue weighted by Gasteiger charge is 2.59. The monoisotopic (exact) mass is 488 g/mol. The zero-order chi connectivity index (χ0) is 24.3. The fourth-order valence-corrected chi connectivity index (χ4v) is 5.88. The topological polar surface area (TPSA) is 98.8 Å². The Labute approximate surface area is 198 Å². The number of hydrazine groups is 2. The van der Waals surface area contributed by atoms with Gasteiger partial charge in [0.25, 0.3) is 11.8 Å². The van der Waals surface area contributed by atoms with Gasteiger partial charge in [-0.3, -0.25) is 9.59 Å². The van der Waals surface area contributed by atoms with E-state index in [0.29, 0.717) is 55.4 Å². The molecule has 1 unspecified atom stereocenters. The second-order valence-electron chi connectivity index (χ2n) is 9.48. The molecule has 1 saturated carbocycles. The van der Waals surface area contributed by atoms with E-state index in [-0.39, 0.29) is 23.4 Å². The first-order valence-electron chi connectivity index (χ1n) is 11.4. The first kappa shape index (κ1) is 22.0. The molecule has 1 aliphatic carbocycles. The van der Waals surface area contributed by atoms with E-state index in [0.717, 1.165) is 11.4 Å². The molecule has 1 aromatic heterocycles. The van der Waals surface area contributed by atoms with Crippen molar-refractivity contribution in [3.8, 4) is 5.88 Å². The van der Waals surface area contributed by atoms with Gasteiger partial charge in [-0.15, -0.1) is 5.53 Å². The number of carbonyl (C=O) groups is 2. The van der Waals surface area contributed by atoms with Gasteiger partial charge in [0.1, 0.15) is 5.69 Å². The third kappa shape index (κ3) is 3.91. The van der Waals surface area contributed by atoms with Crippen LogP contribution < -0.4 is 21.1 Å². The summed E-state index contributed by atoms with van der Waals surface area (Å²) < 4.78 is 41.9. The Morgan fingerprint density at radius 1 is 0.914 bits per heavy atom. The van der Waals surface area contributed by atoms with Crippen LogP contribution >= 0.6 is 0 Å². The van der Waals surface area contributed by atoms with E-state index >= 15 is 0 Å². The van der Waals surface area contributed by atoms with Crippen molar-refractivity contribution in [3.05, 3.63) is 47.7 Å². The van der Waals surface area contributed by atoms with Crippen LogP contribution in [-0.2, 0) is 0 Å². The summed E-state index contributed by atoms with van der Waals surface area (Å²) in [7, 11) is 0. The van der Waals surface area contributed by atoms with Gasteiger partial charge in [0, 0.05) is 37.8 Å². The smallest absolute Gasteiger partial charge is 0.422 e. The van der Waals surface area contributed by atoms with Gasteiger partial charge in [0.05, 0.1) is 11.4 Å². The SMILES string of the molecule is O=C(c1ccc2c(c1)NNN2)N1C[C@@H]2[C@H](C1)C1CN(C(=O)c3cccc(OCC(F)(F)F)n3)C[C@H]12. The van der Waals surface area contributed by atoms with Crippen molar-refractivity contribution in [3.63, 3.8) is 0 Å². The Morgan fingerprint density at radius 2 is 1.54 bits per heavy atom. The lowest BCUT2D eigenvalue weighted by molar-refractivity contribution is -0.154. The quantitative estimate of drug-likeness (QED) is 0.608. The van der Waals surface area contributed by atoms with E-state index < -0.39 is 12.8 Å². The molecule has 6 rings (SSSR count). The molecule has 1 aromatic carbocycles. The third-order valence-corrected chi connectivity index (χ3v) is 7.49. The van der Waals surface area contributed by atoms with E-state index in [1.165, 1.54) is 18.2 Å². The number of amides is 2. The fourth-order valence-electron chi connectivity index (χ4n) is 5.88. The number of rotatable bonds is 4. The van der Waals surface area contributed by atoms with Gasteiger partial charge < -0.3 is 25.4 Å². The number of alkyl halides is 3. The summed E-state index contributed by atoms with van der Waals surface area (Å²) in [5.74, 6) is 0.759. The Balaban J connectivity index is 1.08. The average Bonchev–Trinajstić information content (AvgIpc) is 3.55. The van der Waals surface area contributed by atoms with E-state index in [1.807, 2.05) is 23.1 Å². The van der Waals surface area contributed by atoms with E-state index in [2.05, 4.69) is 26.1 Å². The van der Waals surface area contributed by atoms with Crippen molar-refractivity contribution >= 4 is 23.2 Å². The molecule has 2 aromatic rings. The molecule has 4 heterocycles. The number of benzene rings is 1. The van der Waals surface area contributed by atoms with Crippen LogP contribution in [0.5, 0.6) is 5.88 Å². The minimum Gasteiger partial charge on any atom is -0.468 e. The molecule has 3 aliphatic heterocycles. The fraction of sp³-hybridized carbons (Fsp3) is 0.435. The lowest BCUT2D eigenvalue weighted by Crippen LogP contribution is -2.44. The molecule has 2 amide bonds. The molecule has 9 nitrogen and oxygen atoms in total. The van der Waals surface area contributed by atoms with Gasteiger partial charge in [0.2, 0.25) is 5.88 Å². The van der Waals surface area contributed by atoms with Gasteiger partial charge in [-0.2, -0.15) is 13.2 Å². The molecule has 3 N–H and O–H groups in total. The maximum atomic E-state index is 13.1. The molecule has 2 saturated heterocycles. The Hall–Kier alpha value is -3.54. The number of ether oxygens (including phenoxy) is 1. The summed E-state index contributed by atoms with van der Waals surface area (Å²) in [6, 6.07) is 9.75. The molecular formula is C23H23F3N6O3. The van der Waals surface area contributed by atoms with Crippen LogP contribution in [0.25, 0.3) is 0 Å². The number of fused-ring (bicyclic) bond motifs is 5. The largest absolute Gasteiger partial charge is 0.468 e. The summed E-state index contributed by atoms with van der Waals surface area (Å²) >= 11 is 0. The predicted molar refractivity (Wildman–Crippen MR) is 118 cm³/mol. The second kappa shape index (κ2) is 8.01. The Bertz CT molecular complexity index is 1170. The summed E-state index contributed by atoms with van der Waals surface area (Å²) in [6.07, 6.45) is -4.48. The van der Waals surface area contributed by atoms with Crippen LogP contribution in [0, 0.1) is 23.7 Å². The molecule has 3 fully saturated rings. The summed E-state index contributed by atoms with van der Waals surface area (Å²) in [6.45, 7) is 0.976. The molecule has 184 valence electrons. The number of carbonyl (C=O) groups excluding carboxylic acids is 2. The number of aromatic nitrogens is 1. The van der Waals surface area contributed by atoms with E-state index in [4.69, 9.17) is 0 Å². The highest BCUT2D eigenvalue weighted by molar-refractivity contribution is 5.97. The predicted octanol–water partition coefficient (Wildman–Crippen LogP) is 2.37. The van der Waals surface area contributed by atoms with Crippen molar-refractivity contribution in [2.45, 2.75) is 6.18 Å². The van der Waals surface area contributed by atoms with Crippen LogP contribution in [0.4, 0.5) is 24.5 Å². The maximum Gasteiger partial charge on any atom is 0.422 e. The van der Waals surface area contributed by atoms with Crippen LogP contribution in [-0.4, -0.2) is 65.6 Å². The number of hydrogen-bond donors (Lipinski definition) is 3. The Morgan fingerprint density at radius 3 is 2.20 bits per heavy atom. The summed E-state index contributed by atoms with van der Waals surface area (Å²) in [5, 5.41) is 0. The Kier molecular flexibility index (Phi) is 5.02. The lowest BCUT2D eigenvalue weighted by Gasteiger charge is -2.42. The number of anilines is 2. The number of hydrogen-bond acceptors (Lipinski definition) is 7. The molecule has 35 heavy (non-hydrogen) atoms. The number of likely N-dealkylation sites (tertiary alicyclic amines) is 2. The summed E-state index contributed by atoms with van der Waals surface area (Å²) in [5.41, 5.74) is 11.1. The number of nitrogens with one attached hydrogen (secondary N) is 3. The summed E-state index contributed by atoms with van der Waals surface area (Å²) in [4.78, 5) is 33.7. The molecule has 12 heteroatoms. The normalized spacial score (nSPS) is 26.3. The van der Waals surface area contributed by atoms with Gasteiger partial charge in [-0.05, 0) is 47.9 Å². The van der Waals surface area contributed by atoms with Gasteiger partial charge >= 0.3 is 6.18 Å². The van der Waals surface area contributed by atoms with Gasteiger partial charge in [-0.1, -0.05) is 6.07 Å². The molecule has 4 aliphatic rings. The standard InChI is InChI=1S/C23H23F3N6O3/c24-23(25,26)11-35-20-3-1-2-18(27-20)22(34)32-9-15-13-7-31(8-14(13)16(15)10-32)21(33)12-4-5-17-19(6-12)29-30-28-17/h1-6,13-16,28-30H,7-11H2/t13-,14+,15+,16?/m1/s1. The van der Waals surface area contributed by atoms with Gasteiger partial charge in [-0.25, -0.2) is 4.98 Å². The van der Waals surface area contributed by atoms with Crippen molar-refractivity contribution in [2.75, 3.05) is 43.6 Å². The third-order valence-electron chi connectivity index (χ3n) is 7.49. The van der Waals surface area contributed by atoms with Gasteiger partial charge in [0.15, 0.2) is 6.61 Å². The minimum atomic E-state index is -4.48. The number of pyridine rings is 1. The average molecular weight is 488 g/mol. The first-order chi connectivity index (χ1) is 16.8. The lowest BCUT2D eigenvalue weighted by atomic mass is 9.60. The zero-order valence-electron chi connectivity index (χ0n) is 18.5. The highest BCUT2D eigenvalue weighted by atomic mass is 19.4. The number of halogens is 3. The van der Waals surface area contributed by atoms with Crippen molar-refractivity contribution < 1.29 is 27.5 Å². The van der Waals surface area contributed by atoms with Crippen molar-refractivity contribution in [2.24, 2.45) is 23.7 Å². The van der Waals surface area contributed by atoms with E-state index in [9.17, 15) is 22.8 Å². The zero-order valence-corrected chi connectivity index (χ0v) is 18.5. The minimum absolute atomic E-state index is 0.00165.